The third-order valence-electron chi connectivity index (χ3n) is 7.99. The van der Waals surface area contributed by atoms with Crippen LogP contribution in [0.2, 0.25) is 0 Å². The first-order valence-corrected chi connectivity index (χ1v) is 16.2. The van der Waals surface area contributed by atoms with E-state index in [0.717, 1.165) is 64.0 Å². The molecule has 1 aromatic carbocycles. The fourth-order valence-electron chi connectivity index (χ4n) is 5.55. The largest absolute Gasteiger partial charge is 0.487 e. The summed E-state index contributed by atoms with van der Waals surface area (Å²) >= 11 is 1.71. The van der Waals surface area contributed by atoms with Crippen molar-refractivity contribution in [3.63, 3.8) is 0 Å². The Morgan fingerprint density at radius 1 is 1.12 bits per heavy atom. The summed E-state index contributed by atoms with van der Waals surface area (Å²) in [5.41, 5.74) is 3.82. The van der Waals surface area contributed by atoms with Crippen molar-refractivity contribution in [2.75, 3.05) is 6.61 Å². The molecule has 1 aliphatic carbocycles. The Balaban J connectivity index is 1.23. The van der Waals surface area contributed by atoms with Crippen LogP contribution in [0.5, 0.6) is 5.75 Å². The number of aryl methyl sites for hydroxylation is 1. The molecule has 2 heterocycles. The van der Waals surface area contributed by atoms with Gasteiger partial charge in [-0.3, -0.25) is 14.3 Å². The summed E-state index contributed by atoms with van der Waals surface area (Å²) in [5, 5.41) is 1.32. The molecule has 2 aromatic heterocycles. The lowest BCUT2D eigenvalue weighted by molar-refractivity contribution is -0.142. The van der Waals surface area contributed by atoms with Crippen LogP contribution in [0.3, 0.4) is 0 Å². The van der Waals surface area contributed by atoms with Crippen LogP contribution in [0.1, 0.15) is 89.5 Å². The molecular weight excluding hydrogens is 542 g/mol. The van der Waals surface area contributed by atoms with Gasteiger partial charge in [0, 0.05) is 23.4 Å². The van der Waals surface area contributed by atoms with Crippen LogP contribution in [-0.4, -0.2) is 32.4 Å². The average molecular weight is 588 g/mol. The molecule has 1 saturated carbocycles. The summed E-state index contributed by atoms with van der Waals surface area (Å²) in [6.07, 6.45) is 13.3. The highest BCUT2D eigenvalue weighted by Gasteiger charge is 2.23. The Bertz CT molecular complexity index is 1350. The number of benzene rings is 1. The van der Waals surface area contributed by atoms with Gasteiger partial charge >= 0.3 is 5.97 Å². The SMILES string of the molecule is Cc1cc(OCc2cnc(SC(C)C)n2-c2cccnc2)ccc1C#CCOC(=O)CCCC1CCC(C(C)C)CC1. The smallest absolute Gasteiger partial charge is 0.306 e. The number of ether oxygens (including phenoxy) is 2. The molecule has 4 rings (SSSR count). The second-order valence-electron chi connectivity index (χ2n) is 11.9. The maximum Gasteiger partial charge on any atom is 0.306 e. The van der Waals surface area contributed by atoms with Crippen molar-refractivity contribution < 1.29 is 14.3 Å². The van der Waals surface area contributed by atoms with Crippen molar-refractivity contribution in [1.29, 1.82) is 0 Å². The molecule has 1 aliphatic rings. The molecule has 0 bridgehead atoms. The highest BCUT2D eigenvalue weighted by Crippen LogP contribution is 2.35. The predicted molar refractivity (Wildman–Crippen MR) is 170 cm³/mol. The first-order valence-electron chi connectivity index (χ1n) is 15.3. The second kappa shape index (κ2) is 15.8. The Morgan fingerprint density at radius 3 is 2.62 bits per heavy atom. The van der Waals surface area contributed by atoms with Crippen molar-refractivity contribution in [3.8, 4) is 23.3 Å². The summed E-state index contributed by atoms with van der Waals surface area (Å²) in [7, 11) is 0. The zero-order valence-electron chi connectivity index (χ0n) is 25.8. The minimum atomic E-state index is -0.152. The molecule has 6 nitrogen and oxygen atoms in total. The van der Waals surface area contributed by atoms with Gasteiger partial charge in [0.25, 0.3) is 0 Å². The van der Waals surface area contributed by atoms with Gasteiger partial charge in [0.2, 0.25) is 0 Å². The predicted octanol–water partition coefficient (Wildman–Crippen LogP) is 8.18. The molecular formula is C35H45N3O3S. The third-order valence-corrected chi connectivity index (χ3v) is 8.96. The Morgan fingerprint density at radius 2 is 1.93 bits per heavy atom. The Kier molecular flexibility index (Phi) is 12.0. The first kappa shape index (κ1) is 31.7. The molecule has 1 fully saturated rings. The van der Waals surface area contributed by atoms with E-state index in [9.17, 15) is 4.79 Å². The van der Waals surface area contributed by atoms with Gasteiger partial charge in [-0.25, -0.2) is 4.98 Å². The minimum Gasteiger partial charge on any atom is -0.487 e. The van der Waals surface area contributed by atoms with Crippen LogP contribution in [0.4, 0.5) is 0 Å². The van der Waals surface area contributed by atoms with Gasteiger partial charge < -0.3 is 9.47 Å². The van der Waals surface area contributed by atoms with E-state index in [1.165, 1.54) is 25.7 Å². The normalized spacial score (nSPS) is 16.7. The van der Waals surface area contributed by atoms with Crippen LogP contribution in [0.25, 0.3) is 5.69 Å². The maximum absolute atomic E-state index is 12.2. The summed E-state index contributed by atoms with van der Waals surface area (Å²) in [4.78, 5) is 21.1. The molecule has 0 radical (unpaired) electrons. The minimum absolute atomic E-state index is 0.116. The van der Waals surface area contributed by atoms with E-state index < -0.39 is 0 Å². The van der Waals surface area contributed by atoms with Gasteiger partial charge in [-0.05, 0) is 86.3 Å². The molecule has 7 heteroatoms. The fourth-order valence-corrected chi connectivity index (χ4v) is 6.41. The number of thioether (sulfide) groups is 1. The topological polar surface area (TPSA) is 66.2 Å². The zero-order valence-corrected chi connectivity index (χ0v) is 26.6. The van der Waals surface area contributed by atoms with Crippen molar-refractivity contribution in [2.24, 2.45) is 17.8 Å². The van der Waals surface area contributed by atoms with E-state index in [1.807, 2.05) is 49.6 Å². The molecule has 0 amide bonds. The van der Waals surface area contributed by atoms with Crippen molar-refractivity contribution >= 4 is 17.7 Å². The van der Waals surface area contributed by atoms with Crippen LogP contribution in [-0.2, 0) is 16.1 Å². The number of pyridine rings is 1. The van der Waals surface area contributed by atoms with Crippen molar-refractivity contribution in [3.05, 3.63) is 65.7 Å². The average Bonchev–Trinajstić information content (AvgIpc) is 3.37. The first-order chi connectivity index (χ1) is 20.3. The van der Waals surface area contributed by atoms with E-state index in [1.54, 1.807) is 18.0 Å². The number of rotatable bonds is 12. The number of esters is 1. The lowest BCUT2D eigenvalue weighted by Gasteiger charge is -2.30. The fraction of sp³-hybridized carbons (Fsp3) is 0.514. The number of carbonyl (C=O) groups is 1. The van der Waals surface area contributed by atoms with Gasteiger partial charge in [0.05, 0.1) is 23.8 Å². The number of imidazole rings is 1. The summed E-state index contributed by atoms with van der Waals surface area (Å²) < 4.78 is 13.6. The number of aromatic nitrogens is 3. The van der Waals surface area contributed by atoms with E-state index >= 15 is 0 Å². The van der Waals surface area contributed by atoms with Crippen LogP contribution in [0.15, 0.2) is 54.1 Å². The van der Waals surface area contributed by atoms with E-state index in [0.29, 0.717) is 18.3 Å². The van der Waals surface area contributed by atoms with Crippen molar-refractivity contribution in [2.45, 2.75) is 96.6 Å². The molecule has 0 N–H and O–H groups in total. The van der Waals surface area contributed by atoms with Gasteiger partial charge in [0.15, 0.2) is 11.8 Å². The molecule has 42 heavy (non-hydrogen) atoms. The standard InChI is InChI=1S/C35H45N3O3S/c1-25(2)29-15-13-28(14-16-29)9-6-12-34(39)40-20-8-10-30-17-18-33(21-27(30)5)41-24-32-23-37-35(42-26(3)4)38(32)31-11-7-19-36-22-31/h7,11,17-19,21-23,25-26,28-29H,6,9,12-16,20,24H2,1-5H3. The van der Waals surface area contributed by atoms with E-state index in [-0.39, 0.29) is 12.6 Å². The van der Waals surface area contributed by atoms with Gasteiger partial charge in [-0.15, -0.1) is 0 Å². The van der Waals surface area contributed by atoms with E-state index in [2.05, 4.69) is 54.1 Å². The van der Waals surface area contributed by atoms with E-state index in [4.69, 9.17) is 9.47 Å². The lowest BCUT2D eigenvalue weighted by atomic mass is 9.75. The highest BCUT2D eigenvalue weighted by atomic mass is 32.2. The van der Waals surface area contributed by atoms with Gasteiger partial charge in [-0.1, -0.05) is 64.1 Å². The summed E-state index contributed by atoms with van der Waals surface area (Å²) in [5.74, 6) is 9.19. The van der Waals surface area contributed by atoms with Crippen LogP contribution in [0, 0.1) is 36.5 Å². The quantitative estimate of drug-likeness (QED) is 0.121. The van der Waals surface area contributed by atoms with Crippen molar-refractivity contribution in [1.82, 2.24) is 14.5 Å². The molecule has 224 valence electrons. The summed E-state index contributed by atoms with van der Waals surface area (Å²) in [6, 6.07) is 9.81. The molecule has 0 unspecified atom stereocenters. The Hall–Kier alpha value is -3.24. The Labute approximate surface area is 256 Å². The zero-order chi connectivity index (χ0) is 29.9. The second-order valence-corrected chi connectivity index (χ2v) is 13.4. The van der Waals surface area contributed by atoms with Gasteiger partial charge in [0.1, 0.15) is 12.4 Å². The number of hydrogen-bond donors (Lipinski definition) is 0. The molecule has 0 spiro atoms. The number of carbonyl (C=O) groups excluding carboxylic acids is 1. The molecule has 0 aliphatic heterocycles. The van der Waals surface area contributed by atoms with Crippen LogP contribution < -0.4 is 4.74 Å². The monoisotopic (exact) mass is 587 g/mol. The molecule has 0 saturated heterocycles. The molecule has 3 aromatic rings. The number of nitrogens with zero attached hydrogens (tertiary/aromatic N) is 3. The van der Waals surface area contributed by atoms with Crippen LogP contribution >= 0.6 is 11.8 Å². The highest BCUT2D eigenvalue weighted by molar-refractivity contribution is 7.99. The maximum atomic E-state index is 12.2. The summed E-state index contributed by atoms with van der Waals surface area (Å²) in [6.45, 7) is 11.5. The lowest BCUT2D eigenvalue weighted by Crippen LogP contribution is -2.18. The molecule has 0 atom stereocenters. The van der Waals surface area contributed by atoms with Gasteiger partial charge in [-0.2, -0.15) is 0 Å². The number of hydrogen-bond acceptors (Lipinski definition) is 6. The third kappa shape index (κ3) is 9.39.